The average Bonchev–Trinajstić information content (AvgIpc) is 1.60. The summed E-state index contributed by atoms with van der Waals surface area (Å²) >= 11 is 0. The van der Waals surface area contributed by atoms with Crippen molar-refractivity contribution in [1.29, 1.82) is 4.78 Å². The molecule has 60 valence electrons. The fourth-order valence-corrected chi connectivity index (χ4v) is 0.716. The summed E-state index contributed by atoms with van der Waals surface area (Å²) in [5.41, 5.74) is 4.80. The highest BCUT2D eigenvalue weighted by Gasteiger charge is 2.08. The van der Waals surface area contributed by atoms with Crippen molar-refractivity contribution in [2.45, 2.75) is 0 Å². The quantitative estimate of drug-likeness (QED) is 0.561. The Balaban J connectivity index is 4.12. The molecule has 0 aliphatic carbocycles. The van der Waals surface area contributed by atoms with E-state index < -0.39 is 15.8 Å². The van der Waals surface area contributed by atoms with Gasteiger partial charge in [-0.2, -0.15) is 0 Å². The van der Waals surface area contributed by atoms with Crippen LogP contribution in [0.2, 0.25) is 0 Å². The largest absolute Gasteiger partial charge is 0.369 e. The molecule has 6 heteroatoms. The fourth-order valence-electron chi connectivity index (χ4n) is 0.343. The number of nitrogens with one attached hydrogen (secondary N) is 1. The molecule has 0 saturated carbocycles. The van der Waals surface area contributed by atoms with Crippen molar-refractivity contribution in [3.05, 3.63) is 0 Å². The summed E-state index contributed by atoms with van der Waals surface area (Å²) in [5, 5.41) is 0. The first kappa shape index (κ1) is 9.38. The first-order chi connectivity index (χ1) is 4.34. The molecule has 0 spiro atoms. The molecule has 5 nitrogen and oxygen atoms in total. The minimum atomic E-state index is -2.77. The monoisotopic (exact) mass is 165 g/mol. The number of amides is 1. The molecular formula is C4H11N3O2S. The summed E-state index contributed by atoms with van der Waals surface area (Å²) in [7, 11) is -1.35. The second-order valence-electron chi connectivity index (χ2n) is 2.05. The van der Waals surface area contributed by atoms with Crippen LogP contribution in [0.15, 0.2) is 0 Å². The molecule has 0 bridgehead atoms. The zero-order valence-corrected chi connectivity index (χ0v) is 6.77. The van der Waals surface area contributed by atoms with Crippen LogP contribution >= 0.6 is 0 Å². The van der Waals surface area contributed by atoms with Gasteiger partial charge in [0.05, 0.1) is 6.54 Å². The van der Waals surface area contributed by atoms with Gasteiger partial charge in [-0.15, -0.1) is 0 Å². The summed E-state index contributed by atoms with van der Waals surface area (Å²) in [5.74, 6) is -0.579. The van der Waals surface area contributed by atoms with Crippen LogP contribution in [0.25, 0.3) is 0 Å². The second kappa shape index (κ2) is 2.98. The van der Waals surface area contributed by atoms with Crippen LogP contribution in [0.5, 0.6) is 0 Å². The van der Waals surface area contributed by atoms with Crippen LogP contribution in [0.1, 0.15) is 0 Å². The number of hydrogen-bond donors (Lipinski definition) is 2. The Kier molecular flexibility index (Phi) is 2.79. The fraction of sp³-hybridized carbons (Fsp3) is 0.750. The van der Waals surface area contributed by atoms with Crippen molar-refractivity contribution in [3.8, 4) is 0 Å². The summed E-state index contributed by atoms with van der Waals surface area (Å²) in [6.45, 7) is -0.140. The Morgan fingerprint density at radius 1 is 1.80 bits per heavy atom. The van der Waals surface area contributed by atoms with E-state index in [0.29, 0.717) is 0 Å². The Hall–Kier alpha value is -0.620. The molecule has 0 fully saturated rings. The summed E-state index contributed by atoms with van der Waals surface area (Å²) in [6.07, 6.45) is 1.23. The Morgan fingerprint density at radius 3 is 2.30 bits per heavy atom. The summed E-state index contributed by atoms with van der Waals surface area (Å²) in [6, 6.07) is 0. The highest BCUT2D eigenvalue weighted by atomic mass is 32.2. The van der Waals surface area contributed by atoms with Gasteiger partial charge in [0.1, 0.15) is 9.92 Å². The third kappa shape index (κ3) is 3.41. The maximum atomic E-state index is 10.8. The van der Waals surface area contributed by atoms with Gasteiger partial charge in [-0.1, -0.05) is 0 Å². The average molecular weight is 165 g/mol. The molecule has 0 aromatic heterocycles. The van der Waals surface area contributed by atoms with Gasteiger partial charge in [-0.25, -0.2) is 13.3 Å². The van der Waals surface area contributed by atoms with E-state index >= 15 is 0 Å². The molecule has 1 amide bonds. The molecule has 0 radical (unpaired) electrons. The minimum absolute atomic E-state index is 0.140. The standard InChI is InChI=1S/C4H11N3O2S/c1-7(3-4(5)8)10(2,6)9/h6H,3H2,1-2H3,(H2,5,8). The van der Waals surface area contributed by atoms with Crippen molar-refractivity contribution >= 4 is 15.8 Å². The number of rotatable bonds is 3. The third-order valence-electron chi connectivity index (χ3n) is 0.973. The SMILES string of the molecule is CN(CC(N)=O)S(C)(=N)=O. The van der Waals surface area contributed by atoms with E-state index in [0.717, 1.165) is 4.31 Å². The maximum Gasteiger partial charge on any atom is 0.232 e. The summed E-state index contributed by atoms with van der Waals surface area (Å²) < 4.78 is 18.9. The van der Waals surface area contributed by atoms with Crippen LogP contribution in [0, 0.1) is 4.78 Å². The normalized spacial score (nSPS) is 16.7. The molecule has 0 aliphatic rings. The van der Waals surface area contributed by atoms with Crippen LogP contribution in [0.3, 0.4) is 0 Å². The van der Waals surface area contributed by atoms with Crippen molar-refractivity contribution < 1.29 is 9.00 Å². The number of nitrogens with zero attached hydrogens (tertiary/aromatic N) is 1. The number of carbonyl (C=O) groups excluding carboxylic acids is 1. The number of carbonyl (C=O) groups is 1. The Labute approximate surface area is 60.3 Å². The lowest BCUT2D eigenvalue weighted by Crippen LogP contribution is -2.33. The lowest BCUT2D eigenvalue weighted by atomic mass is 10.6. The van der Waals surface area contributed by atoms with E-state index in [1.165, 1.54) is 13.3 Å². The molecule has 0 saturated heterocycles. The maximum absolute atomic E-state index is 10.8. The molecular weight excluding hydrogens is 154 g/mol. The van der Waals surface area contributed by atoms with E-state index in [-0.39, 0.29) is 6.54 Å². The lowest BCUT2D eigenvalue weighted by Gasteiger charge is -2.13. The third-order valence-corrected chi connectivity index (χ3v) is 2.29. The van der Waals surface area contributed by atoms with Crippen molar-refractivity contribution in [2.24, 2.45) is 5.73 Å². The molecule has 0 heterocycles. The van der Waals surface area contributed by atoms with Gasteiger partial charge in [-0.3, -0.25) is 4.79 Å². The predicted molar refractivity (Wildman–Crippen MR) is 38.6 cm³/mol. The van der Waals surface area contributed by atoms with Gasteiger partial charge < -0.3 is 5.73 Å². The van der Waals surface area contributed by atoms with E-state index in [4.69, 9.17) is 10.5 Å². The number of likely N-dealkylation sites (N-methyl/N-ethyl adjacent to an activating group) is 1. The number of hydrogen-bond acceptors (Lipinski definition) is 3. The number of primary amides is 1. The molecule has 0 aliphatic heterocycles. The first-order valence-electron chi connectivity index (χ1n) is 2.57. The number of nitrogens with two attached hydrogens (primary N) is 1. The second-order valence-corrected chi connectivity index (χ2v) is 4.28. The molecule has 1 atom stereocenters. The van der Waals surface area contributed by atoms with Gasteiger partial charge in [-0.05, 0) is 0 Å². The Morgan fingerprint density at radius 2 is 2.20 bits per heavy atom. The van der Waals surface area contributed by atoms with Crippen LogP contribution in [-0.2, 0) is 14.7 Å². The molecule has 0 rings (SSSR count). The lowest BCUT2D eigenvalue weighted by molar-refractivity contribution is -0.118. The van der Waals surface area contributed by atoms with Crippen molar-refractivity contribution in [3.63, 3.8) is 0 Å². The first-order valence-corrected chi connectivity index (χ1v) is 4.49. The summed E-state index contributed by atoms with van der Waals surface area (Å²) in [4.78, 5) is 10.2. The molecule has 3 N–H and O–H groups in total. The smallest absolute Gasteiger partial charge is 0.232 e. The van der Waals surface area contributed by atoms with E-state index in [1.807, 2.05) is 0 Å². The van der Waals surface area contributed by atoms with Gasteiger partial charge in [0.15, 0.2) is 0 Å². The Bertz CT molecular complexity index is 221. The molecule has 0 aromatic carbocycles. The van der Waals surface area contributed by atoms with Crippen molar-refractivity contribution in [1.82, 2.24) is 4.31 Å². The van der Waals surface area contributed by atoms with Crippen LogP contribution in [0.4, 0.5) is 0 Å². The van der Waals surface area contributed by atoms with Gasteiger partial charge in [0.2, 0.25) is 5.91 Å². The van der Waals surface area contributed by atoms with Crippen LogP contribution in [-0.4, -0.2) is 34.3 Å². The zero-order chi connectivity index (χ0) is 8.36. The predicted octanol–water partition coefficient (Wildman–Crippen LogP) is -1.00. The van der Waals surface area contributed by atoms with Gasteiger partial charge >= 0.3 is 0 Å². The minimum Gasteiger partial charge on any atom is -0.369 e. The van der Waals surface area contributed by atoms with E-state index in [9.17, 15) is 9.00 Å². The van der Waals surface area contributed by atoms with E-state index in [2.05, 4.69) is 0 Å². The molecule has 0 aromatic rings. The highest BCUT2D eigenvalue weighted by Crippen LogP contribution is 1.91. The van der Waals surface area contributed by atoms with Crippen molar-refractivity contribution in [2.75, 3.05) is 19.8 Å². The van der Waals surface area contributed by atoms with Gasteiger partial charge in [0.25, 0.3) is 0 Å². The zero-order valence-electron chi connectivity index (χ0n) is 5.96. The van der Waals surface area contributed by atoms with Gasteiger partial charge in [0, 0.05) is 13.3 Å². The van der Waals surface area contributed by atoms with Crippen LogP contribution < -0.4 is 5.73 Å². The molecule has 10 heavy (non-hydrogen) atoms. The van der Waals surface area contributed by atoms with E-state index in [1.54, 1.807) is 0 Å². The topological polar surface area (TPSA) is 87.2 Å². The molecule has 1 unspecified atom stereocenters. The highest BCUT2D eigenvalue weighted by molar-refractivity contribution is 7.89.